The van der Waals surface area contributed by atoms with Crippen molar-refractivity contribution >= 4 is 6.09 Å². The first-order chi connectivity index (χ1) is 4.20. The van der Waals surface area contributed by atoms with Crippen molar-refractivity contribution in [2.45, 2.75) is 6.92 Å². The summed E-state index contributed by atoms with van der Waals surface area (Å²) in [5, 5.41) is 15.0. The molecule has 5 heteroatoms. The van der Waals surface area contributed by atoms with E-state index in [0.29, 0.717) is 5.69 Å². The monoisotopic (exact) mass is 127 g/mol. The number of aromatic nitrogens is 3. The van der Waals surface area contributed by atoms with Gasteiger partial charge < -0.3 is 5.11 Å². The first-order valence-electron chi connectivity index (χ1n) is 2.32. The third-order valence-electron chi connectivity index (χ3n) is 0.804. The molecule has 48 valence electrons. The first-order valence-corrected chi connectivity index (χ1v) is 2.32. The van der Waals surface area contributed by atoms with Crippen LogP contribution < -0.4 is 0 Å². The Bertz CT molecular complexity index is 229. The average Bonchev–Trinajstić information content (AvgIpc) is 2.14. The van der Waals surface area contributed by atoms with Crippen molar-refractivity contribution in [1.82, 2.24) is 15.0 Å². The van der Waals surface area contributed by atoms with E-state index in [1.165, 1.54) is 6.20 Å². The van der Waals surface area contributed by atoms with E-state index < -0.39 is 6.09 Å². The van der Waals surface area contributed by atoms with Crippen molar-refractivity contribution in [2.24, 2.45) is 0 Å². The van der Waals surface area contributed by atoms with Gasteiger partial charge in [0.05, 0.1) is 11.9 Å². The fourth-order valence-corrected chi connectivity index (χ4v) is 0.441. The van der Waals surface area contributed by atoms with Gasteiger partial charge in [0, 0.05) is 0 Å². The minimum Gasteiger partial charge on any atom is -0.463 e. The molecule has 0 atom stereocenters. The minimum absolute atomic E-state index is 0.595. The molecule has 1 aromatic rings. The van der Waals surface area contributed by atoms with Crippen LogP contribution in [0.2, 0.25) is 0 Å². The Labute approximate surface area is 50.9 Å². The summed E-state index contributed by atoms with van der Waals surface area (Å²) in [6, 6.07) is 0. The van der Waals surface area contributed by atoms with Crippen LogP contribution in [0, 0.1) is 6.92 Å². The molecule has 0 bridgehead atoms. The molecule has 1 heterocycles. The molecule has 1 aromatic heterocycles. The fourth-order valence-electron chi connectivity index (χ4n) is 0.441. The largest absolute Gasteiger partial charge is 0.463 e. The van der Waals surface area contributed by atoms with Crippen LogP contribution in [-0.2, 0) is 0 Å². The molecule has 0 fully saturated rings. The third-order valence-corrected chi connectivity index (χ3v) is 0.804. The van der Waals surface area contributed by atoms with Crippen LogP contribution in [0.3, 0.4) is 0 Å². The van der Waals surface area contributed by atoms with Gasteiger partial charge in [-0.05, 0) is 6.92 Å². The van der Waals surface area contributed by atoms with Crippen LogP contribution in [0.4, 0.5) is 4.79 Å². The number of carbonyl (C=O) groups is 1. The first kappa shape index (κ1) is 5.74. The molecule has 9 heavy (non-hydrogen) atoms. The molecular formula is C4H5N3O2. The van der Waals surface area contributed by atoms with E-state index in [-0.39, 0.29) is 0 Å². The lowest BCUT2D eigenvalue weighted by Gasteiger charge is -1.83. The van der Waals surface area contributed by atoms with Crippen LogP contribution in [0.5, 0.6) is 0 Å². The van der Waals surface area contributed by atoms with Gasteiger partial charge in [0.25, 0.3) is 0 Å². The van der Waals surface area contributed by atoms with Crippen molar-refractivity contribution in [1.29, 1.82) is 0 Å². The van der Waals surface area contributed by atoms with Crippen LogP contribution in [0.25, 0.3) is 0 Å². The Morgan fingerprint density at radius 1 is 1.89 bits per heavy atom. The number of rotatable bonds is 0. The third kappa shape index (κ3) is 1.04. The van der Waals surface area contributed by atoms with Crippen LogP contribution in [0.1, 0.15) is 5.69 Å². The predicted octanol–water partition coefficient (Wildman–Crippen LogP) is 0.113. The zero-order chi connectivity index (χ0) is 6.85. The zero-order valence-corrected chi connectivity index (χ0v) is 4.77. The van der Waals surface area contributed by atoms with Crippen molar-refractivity contribution < 1.29 is 9.90 Å². The summed E-state index contributed by atoms with van der Waals surface area (Å²) >= 11 is 0. The molecule has 0 amide bonds. The van der Waals surface area contributed by atoms with Gasteiger partial charge in [-0.2, -0.15) is 4.68 Å². The number of carboxylic acid groups (broad SMARTS) is 1. The lowest BCUT2D eigenvalue weighted by Crippen LogP contribution is -2.07. The molecule has 0 aromatic carbocycles. The van der Waals surface area contributed by atoms with E-state index in [9.17, 15) is 4.79 Å². The Hall–Kier alpha value is -1.39. The van der Waals surface area contributed by atoms with E-state index in [1.807, 2.05) is 0 Å². The summed E-state index contributed by atoms with van der Waals surface area (Å²) in [4.78, 5) is 10.1. The summed E-state index contributed by atoms with van der Waals surface area (Å²) in [6.07, 6.45) is 0.220. The molecule has 0 saturated heterocycles. The Balaban J connectivity index is 2.98. The van der Waals surface area contributed by atoms with Crippen molar-refractivity contribution in [2.75, 3.05) is 0 Å². The Kier molecular flexibility index (Phi) is 1.18. The highest BCUT2D eigenvalue weighted by atomic mass is 16.4. The molecule has 0 spiro atoms. The van der Waals surface area contributed by atoms with Gasteiger partial charge in [0.2, 0.25) is 0 Å². The van der Waals surface area contributed by atoms with Gasteiger partial charge in [-0.1, -0.05) is 5.21 Å². The van der Waals surface area contributed by atoms with E-state index in [4.69, 9.17) is 5.11 Å². The van der Waals surface area contributed by atoms with Gasteiger partial charge in [0.1, 0.15) is 0 Å². The maximum Gasteiger partial charge on any atom is 0.433 e. The highest BCUT2D eigenvalue weighted by molar-refractivity contribution is 5.66. The summed E-state index contributed by atoms with van der Waals surface area (Å²) in [7, 11) is 0. The quantitative estimate of drug-likeness (QED) is 0.537. The normalized spacial score (nSPS) is 9.44. The number of nitrogens with zero attached hydrogens (tertiary/aromatic N) is 3. The number of hydrogen-bond acceptors (Lipinski definition) is 3. The smallest absolute Gasteiger partial charge is 0.433 e. The minimum atomic E-state index is -1.12. The van der Waals surface area contributed by atoms with Gasteiger partial charge in [-0.3, -0.25) is 0 Å². The second kappa shape index (κ2) is 1.85. The molecule has 0 aliphatic rings. The molecule has 5 nitrogen and oxygen atoms in total. The van der Waals surface area contributed by atoms with Gasteiger partial charge in [-0.15, -0.1) is 5.10 Å². The van der Waals surface area contributed by atoms with Crippen LogP contribution in [0.15, 0.2) is 6.20 Å². The Morgan fingerprint density at radius 3 is 2.78 bits per heavy atom. The number of hydrogen-bond donors (Lipinski definition) is 1. The average molecular weight is 127 g/mol. The summed E-state index contributed by atoms with van der Waals surface area (Å²) in [5.74, 6) is 0. The van der Waals surface area contributed by atoms with Gasteiger partial charge >= 0.3 is 6.09 Å². The molecule has 0 radical (unpaired) electrons. The highest BCUT2D eigenvalue weighted by Gasteiger charge is 2.00. The molecule has 1 rings (SSSR count). The van der Waals surface area contributed by atoms with Crippen molar-refractivity contribution in [3.05, 3.63) is 11.9 Å². The van der Waals surface area contributed by atoms with E-state index in [0.717, 1.165) is 4.68 Å². The maximum absolute atomic E-state index is 10.1. The highest BCUT2D eigenvalue weighted by Crippen LogP contribution is 1.86. The molecule has 0 saturated carbocycles. The van der Waals surface area contributed by atoms with E-state index in [2.05, 4.69) is 10.3 Å². The second-order valence-corrected chi connectivity index (χ2v) is 1.59. The van der Waals surface area contributed by atoms with Crippen LogP contribution in [-0.4, -0.2) is 26.2 Å². The topological polar surface area (TPSA) is 68.0 Å². The number of aryl methyl sites for hydroxylation is 1. The lowest BCUT2D eigenvalue weighted by atomic mass is 10.6. The van der Waals surface area contributed by atoms with Gasteiger partial charge in [-0.25, -0.2) is 4.79 Å². The molecule has 0 aliphatic heterocycles. The Morgan fingerprint density at radius 2 is 2.56 bits per heavy atom. The van der Waals surface area contributed by atoms with Crippen molar-refractivity contribution in [3.8, 4) is 0 Å². The van der Waals surface area contributed by atoms with E-state index in [1.54, 1.807) is 6.92 Å². The summed E-state index contributed by atoms with van der Waals surface area (Å²) in [6.45, 7) is 1.67. The van der Waals surface area contributed by atoms with Gasteiger partial charge in [0.15, 0.2) is 0 Å². The predicted molar refractivity (Wildman–Crippen MR) is 28.2 cm³/mol. The van der Waals surface area contributed by atoms with Crippen molar-refractivity contribution in [3.63, 3.8) is 0 Å². The van der Waals surface area contributed by atoms with E-state index >= 15 is 0 Å². The molecular weight excluding hydrogens is 122 g/mol. The maximum atomic E-state index is 10.1. The summed E-state index contributed by atoms with van der Waals surface area (Å²) < 4.78 is 0.759. The second-order valence-electron chi connectivity index (χ2n) is 1.59. The standard InChI is InChI=1S/C4H5N3O2/c1-3-2-7(4(8)9)6-5-3/h2H,1H3,(H,8,9). The molecule has 0 aliphatic carbocycles. The lowest BCUT2D eigenvalue weighted by molar-refractivity contribution is 0.192. The SMILES string of the molecule is Cc1cn(C(=O)O)nn1. The molecule has 1 N–H and O–H groups in total. The zero-order valence-electron chi connectivity index (χ0n) is 4.77. The molecule has 0 unspecified atom stereocenters. The van der Waals surface area contributed by atoms with Crippen LogP contribution >= 0.6 is 0 Å². The summed E-state index contributed by atoms with van der Waals surface area (Å²) in [5.41, 5.74) is 0.595. The fraction of sp³-hybridized carbons (Fsp3) is 0.250.